The molecule has 3 aromatic rings. The zero-order chi connectivity index (χ0) is 28.2. The Labute approximate surface area is 249 Å². The molecule has 5 rings (SSSR count). The molecular formula is C30H25BrN4O3S2. The van der Waals surface area contributed by atoms with Crippen molar-refractivity contribution in [2.75, 3.05) is 12.4 Å². The van der Waals surface area contributed by atoms with E-state index in [1.54, 1.807) is 18.3 Å². The lowest BCUT2D eigenvalue weighted by molar-refractivity contribution is -0.139. The first-order valence-corrected chi connectivity index (χ1v) is 15.5. The highest BCUT2D eigenvalue weighted by Crippen LogP contribution is 2.44. The van der Waals surface area contributed by atoms with Crippen LogP contribution in [0.4, 0.5) is 0 Å². The zero-order valence-corrected chi connectivity index (χ0v) is 24.9. The fourth-order valence-electron chi connectivity index (χ4n) is 5.13. The number of nitriles is 2. The van der Waals surface area contributed by atoms with Crippen LogP contribution >= 0.6 is 39.0 Å². The van der Waals surface area contributed by atoms with Crippen molar-refractivity contribution < 1.29 is 14.3 Å². The number of hydrogen-bond acceptors (Lipinski definition) is 9. The second-order valence-corrected chi connectivity index (χ2v) is 11.9. The summed E-state index contributed by atoms with van der Waals surface area (Å²) < 4.78 is 12.1. The van der Waals surface area contributed by atoms with Crippen molar-refractivity contribution in [2.45, 2.75) is 43.6 Å². The Kier molecular flexibility index (Phi) is 8.60. The summed E-state index contributed by atoms with van der Waals surface area (Å²) in [6.07, 6.45) is 3.86. The van der Waals surface area contributed by atoms with Crippen molar-refractivity contribution in [2.24, 2.45) is 5.73 Å². The molecule has 0 saturated carbocycles. The van der Waals surface area contributed by atoms with Crippen molar-refractivity contribution in [1.82, 2.24) is 4.98 Å². The van der Waals surface area contributed by atoms with E-state index in [4.69, 9.17) is 20.2 Å². The lowest BCUT2D eigenvalue weighted by Crippen LogP contribution is -2.27. The number of nitrogens with zero attached hydrogens (tertiary/aromatic N) is 3. The number of benzene rings is 1. The lowest BCUT2D eigenvalue weighted by Gasteiger charge is -2.28. The van der Waals surface area contributed by atoms with Crippen LogP contribution < -0.4 is 5.73 Å². The van der Waals surface area contributed by atoms with Crippen molar-refractivity contribution in [1.29, 1.82) is 10.5 Å². The maximum absolute atomic E-state index is 13.4. The largest absolute Gasteiger partial charge is 0.463 e. The molecule has 2 N–H and O–H groups in total. The quantitative estimate of drug-likeness (QED) is 0.224. The number of nitrogens with two attached hydrogens (primary N) is 1. The number of esters is 1. The number of allylic oxidation sites excluding steroid dienone is 1. The highest BCUT2D eigenvalue weighted by atomic mass is 79.9. The number of thioether (sulfide) groups is 1. The minimum atomic E-state index is -0.780. The summed E-state index contributed by atoms with van der Waals surface area (Å²) in [6.45, 7) is 1.88. The molecule has 0 fully saturated rings. The van der Waals surface area contributed by atoms with E-state index in [0.717, 1.165) is 51.9 Å². The Morgan fingerprint density at radius 3 is 2.73 bits per heavy atom. The van der Waals surface area contributed by atoms with Gasteiger partial charge in [0, 0.05) is 20.6 Å². The Morgan fingerprint density at radius 1 is 1.23 bits per heavy atom. The number of thiophene rings is 1. The van der Waals surface area contributed by atoms with Gasteiger partial charge in [-0.2, -0.15) is 10.5 Å². The maximum atomic E-state index is 13.4. The fourth-order valence-corrected chi connectivity index (χ4v) is 7.40. The third kappa shape index (κ3) is 5.27. The van der Waals surface area contributed by atoms with Gasteiger partial charge < -0.3 is 15.2 Å². The summed E-state index contributed by atoms with van der Waals surface area (Å²) in [6, 6.07) is 15.9. The highest BCUT2D eigenvalue weighted by Gasteiger charge is 2.38. The lowest BCUT2D eigenvalue weighted by atomic mass is 9.83. The Bertz CT molecular complexity index is 1620. The molecule has 0 bridgehead atoms. The number of fused-ring (bicyclic) bond motifs is 1. The third-order valence-electron chi connectivity index (χ3n) is 6.87. The Hall–Kier alpha value is -3.57. The van der Waals surface area contributed by atoms with Gasteiger partial charge in [-0.3, -0.25) is 0 Å². The van der Waals surface area contributed by atoms with Gasteiger partial charge in [-0.25, -0.2) is 9.78 Å². The van der Waals surface area contributed by atoms with Crippen molar-refractivity contribution in [3.63, 3.8) is 0 Å². The predicted molar refractivity (Wildman–Crippen MR) is 158 cm³/mol. The van der Waals surface area contributed by atoms with Crippen LogP contribution in [-0.2, 0) is 27.1 Å². The second kappa shape index (κ2) is 12.3. The van der Waals surface area contributed by atoms with Gasteiger partial charge in [0.1, 0.15) is 28.5 Å². The minimum absolute atomic E-state index is 0.0647. The van der Waals surface area contributed by atoms with Crippen LogP contribution in [-0.4, -0.2) is 23.3 Å². The van der Waals surface area contributed by atoms with E-state index < -0.39 is 11.9 Å². The third-order valence-corrected chi connectivity index (χ3v) is 9.45. The summed E-state index contributed by atoms with van der Waals surface area (Å²) in [5.41, 5.74) is 10.9. The first-order valence-electron chi connectivity index (χ1n) is 12.8. The number of pyridine rings is 1. The molecule has 1 aliphatic heterocycles. The summed E-state index contributed by atoms with van der Waals surface area (Å²) in [4.78, 5) is 19.4. The minimum Gasteiger partial charge on any atom is -0.463 e. The van der Waals surface area contributed by atoms with Crippen molar-refractivity contribution >= 4 is 45.0 Å². The Balaban J connectivity index is 1.62. The molecule has 2 aliphatic rings. The van der Waals surface area contributed by atoms with E-state index in [-0.39, 0.29) is 35.1 Å². The molecular weight excluding hydrogens is 608 g/mol. The van der Waals surface area contributed by atoms with Crippen LogP contribution in [0.1, 0.15) is 48.1 Å². The first kappa shape index (κ1) is 28.0. The number of aryl methyl sites for hydroxylation is 1. The van der Waals surface area contributed by atoms with E-state index in [9.17, 15) is 15.3 Å². The molecule has 3 heterocycles. The number of hydrogen-bond donors (Lipinski definition) is 1. The smallest absolute Gasteiger partial charge is 0.338 e. The van der Waals surface area contributed by atoms with Crippen LogP contribution in [0.2, 0.25) is 0 Å². The van der Waals surface area contributed by atoms with Crippen LogP contribution in [0.15, 0.2) is 74.1 Å². The van der Waals surface area contributed by atoms with Crippen LogP contribution in [0, 0.1) is 22.7 Å². The normalized spacial score (nSPS) is 16.6. The standard InChI is InChI=1S/C30H25BrN4O3S2/c1-2-37-30(36)27-23(38-28(34)19(14-32)26(27)17-8-3-5-10-21(17)31)16-40-29-20(15-33)25(24-12-7-13-39-24)18-9-4-6-11-22(18)35-29/h3,5,7-8,10,12-13,26H,2,4,6,9,11,16,34H2,1H3. The molecule has 40 heavy (non-hydrogen) atoms. The van der Waals surface area contributed by atoms with Crippen molar-refractivity contribution in [3.05, 3.63) is 91.4 Å². The van der Waals surface area contributed by atoms with Gasteiger partial charge in [-0.05, 0) is 61.2 Å². The molecule has 1 atom stereocenters. The van der Waals surface area contributed by atoms with Gasteiger partial charge in [0.05, 0.1) is 29.4 Å². The molecule has 1 unspecified atom stereocenters. The van der Waals surface area contributed by atoms with Crippen LogP contribution in [0.5, 0.6) is 0 Å². The van der Waals surface area contributed by atoms with E-state index in [1.165, 1.54) is 11.8 Å². The maximum Gasteiger partial charge on any atom is 0.338 e. The number of ether oxygens (including phenoxy) is 2. The number of aromatic nitrogens is 1. The SMILES string of the molecule is CCOC(=O)C1=C(CSc2nc3c(c(-c4cccs4)c2C#N)CCCC3)OC(N)=C(C#N)C1c1ccccc1Br. The van der Waals surface area contributed by atoms with Gasteiger partial charge in [-0.1, -0.05) is 52.0 Å². The molecule has 1 aromatic carbocycles. The van der Waals surface area contributed by atoms with Gasteiger partial charge in [0.2, 0.25) is 5.88 Å². The molecule has 0 saturated heterocycles. The molecule has 1 aliphatic carbocycles. The van der Waals surface area contributed by atoms with Gasteiger partial charge in [0.15, 0.2) is 0 Å². The molecule has 202 valence electrons. The Morgan fingerprint density at radius 2 is 2.02 bits per heavy atom. The van der Waals surface area contributed by atoms with Crippen molar-refractivity contribution in [3.8, 4) is 22.6 Å². The number of carbonyl (C=O) groups excluding carboxylic acids is 1. The first-order chi connectivity index (χ1) is 19.5. The van der Waals surface area contributed by atoms with Crippen LogP contribution in [0.25, 0.3) is 10.4 Å². The molecule has 7 nitrogen and oxygen atoms in total. The summed E-state index contributed by atoms with van der Waals surface area (Å²) in [5.74, 6) is -0.986. The number of rotatable bonds is 7. The molecule has 10 heteroatoms. The molecule has 0 spiro atoms. The second-order valence-electron chi connectivity index (χ2n) is 9.18. The topological polar surface area (TPSA) is 122 Å². The van der Waals surface area contributed by atoms with E-state index in [0.29, 0.717) is 16.2 Å². The van der Waals surface area contributed by atoms with Gasteiger partial charge in [0.25, 0.3) is 0 Å². The molecule has 0 radical (unpaired) electrons. The average Bonchev–Trinajstić information content (AvgIpc) is 3.50. The monoisotopic (exact) mass is 632 g/mol. The summed E-state index contributed by atoms with van der Waals surface area (Å²) >= 11 is 6.49. The predicted octanol–water partition coefficient (Wildman–Crippen LogP) is 6.74. The van der Waals surface area contributed by atoms with E-state index in [1.807, 2.05) is 41.8 Å². The van der Waals surface area contributed by atoms with E-state index >= 15 is 0 Å². The molecule has 0 amide bonds. The zero-order valence-electron chi connectivity index (χ0n) is 21.7. The fraction of sp³-hybridized carbons (Fsp3) is 0.267. The number of carbonyl (C=O) groups is 1. The molecule has 2 aromatic heterocycles. The summed E-state index contributed by atoms with van der Waals surface area (Å²) in [5, 5.41) is 22.9. The van der Waals surface area contributed by atoms with E-state index in [2.05, 4.69) is 28.1 Å². The average molecular weight is 634 g/mol. The van der Waals surface area contributed by atoms with Crippen LogP contribution in [0.3, 0.4) is 0 Å². The number of halogens is 1. The van der Waals surface area contributed by atoms with Gasteiger partial charge >= 0.3 is 5.97 Å². The van der Waals surface area contributed by atoms with Gasteiger partial charge in [-0.15, -0.1) is 11.3 Å². The summed E-state index contributed by atoms with van der Waals surface area (Å²) in [7, 11) is 0. The highest BCUT2D eigenvalue weighted by molar-refractivity contribution is 9.10.